The Balaban J connectivity index is 1.43. The zero-order valence-electron chi connectivity index (χ0n) is 24.6. The summed E-state index contributed by atoms with van der Waals surface area (Å²) in [5.74, 6) is 1.96. The second-order valence-electron chi connectivity index (χ2n) is 10.9. The highest BCUT2D eigenvalue weighted by Crippen LogP contribution is 2.35. The topological polar surface area (TPSA) is 81.7 Å². The molecule has 2 aromatic rings. The SMILES string of the molecule is COCCCN1CCOc2ccc(CO[C@H]3CN[C@@H](C[C@@H](C)OC(=O)N(C)C)C[C@@H]3c3ccc(OC)cc3)cc21. The van der Waals surface area contributed by atoms with Crippen LogP contribution in [0.5, 0.6) is 11.5 Å². The second kappa shape index (κ2) is 14.6. The van der Waals surface area contributed by atoms with Gasteiger partial charge in [0.15, 0.2) is 0 Å². The van der Waals surface area contributed by atoms with Crippen molar-refractivity contribution in [3.63, 3.8) is 0 Å². The van der Waals surface area contributed by atoms with Crippen molar-refractivity contribution in [2.24, 2.45) is 0 Å². The predicted octanol–water partition coefficient (Wildman–Crippen LogP) is 4.44. The van der Waals surface area contributed by atoms with Gasteiger partial charge in [0.25, 0.3) is 0 Å². The van der Waals surface area contributed by atoms with Crippen molar-refractivity contribution in [1.82, 2.24) is 10.2 Å². The van der Waals surface area contributed by atoms with Gasteiger partial charge in [-0.05, 0) is 61.6 Å². The van der Waals surface area contributed by atoms with Gasteiger partial charge in [0, 0.05) is 52.9 Å². The molecule has 1 saturated heterocycles. The molecule has 1 N–H and O–H groups in total. The summed E-state index contributed by atoms with van der Waals surface area (Å²) < 4.78 is 28.7. The van der Waals surface area contributed by atoms with Crippen LogP contribution in [-0.4, -0.2) is 90.4 Å². The van der Waals surface area contributed by atoms with E-state index in [0.29, 0.717) is 19.8 Å². The molecule has 4 atom stereocenters. The minimum Gasteiger partial charge on any atom is -0.497 e. The first-order valence-electron chi connectivity index (χ1n) is 14.2. The minimum absolute atomic E-state index is 0.00522. The number of benzene rings is 2. The smallest absolute Gasteiger partial charge is 0.409 e. The Morgan fingerprint density at radius 1 is 1.18 bits per heavy atom. The van der Waals surface area contributed by atoms with E-state index in [1.54, 1.807) is 28.3 Å². The fourth-order valence-corrected chi connectivity index (χ4v) is 5.49. The first-order valence-corrected chi connectivity index (χ1v) is 14.2. The molecule has 0 aliphatic carbocycles. The second-order valence-corrected chi connectivity index (χ2v) is 10.9. The largest absolute Gasteiger partial charge is 0.497 e. The quantitative estimate of drug-likeness (QED) is 0.385. The Kier molecular flexibility index (Phi) is 10.9. The first kappa shape index (κ1) is 30.0. The molecule has 9 heteroatoms. The molecule has 0 bridgehead atoms. The van der Waals surface area contributed by atoms with Crippen LogP contribution in [0.4, 0.5) is 10.5 Å². The van der Waals surface area contributed by atoms with E-state index in [0.717, 1.165) is 61.7 Å². The standard InChI is InChI=1S/C31H45N3O6/c1-22(40-31(35)33(2)3)17-25-19-27(24-8-10-26(37-5)11-9-24)30(20-32-25)39-21-23-7-12-29-28(18-23)34(14-16-38-29)13-6-15-36-4/h7-12,18,22,25,27,30,32H,6,13-17,19-21H2,1-5H3/t22-,25+,27-,30+/m1/s1. The summed E-state index contributed by atoms with van der Waals surface area (Å²) in [6, 6.07) is 14.8. The van der Waals surface area contributed by atoms with Crippen LogP contribution in [-0.2, 0) is 20.8 Å². The van der Waals surface area contributed by atoms with Crippen molar-refractivity contribution >= 4 is 11.8 Å². The van der Waals surface area contributed by atoms with Crippen molar-refractivity contribution in [1.29, 1.82) is 0 Å². The van der Waals surface area contributed by atoms with E-state index in [9.17, 15) is 4.79 Å². The average molecular weight is 556 g/mol. The van der Waals surface area contributed by atoms with Crippen LogP contribution in [0.1, 0.15) is 43.2 Å². The number of nitrogens with one attached hydrogen (secondary N) is 1. The summed E-state index contributed by atoms with van der Waals surface area (Å²) >= 11 is 0. The third-order valence-electron chi connectivity index (χ3n) is 7.65. The number of piperidine rings is 1. The van der Waals surface area contributed by atoms with Gasteiger partial charge in [-0.1, -0.05) is 18.2 Å². The third-order valence-corrected chi connectivity index (χ3v) is 7.65. The number of carbonyl (C=O) groups excluding carboxylic acids is 1. The van der Waals surface area contributed by atoms with Crippen LogP contribution >= 0.6 is 0 Å². The molecule has 2 heterocycles. The number of fused-ring (bicyclic) bond motifs is 1. The summed E-state index contributed by atoms with van der Waals surface area (Å²) in [5, 5.41) is 3.65. The maximum Gasteiger partial charge on any atom is 0.409 e. The van der Waals surface area contributed by atoms with Gasteiger partial charge in [0.2, 0.25) is 0 Å². The molecular weight excluding hydrogens is 510 g/mol. The number of ether oxygens (including phenoxy) is 5. The summed E-state index contributed by atoms with van der Waals surface area (Å²) in [4.78, 5) is 15.9. The van der Waals surface area contributed by atoms with E-state index >= 15 is 0 Å². The summed E-state index contributed by atoms with van der Waals surface area (Å²) in [7, 11) is 6.82. The summed E-state index contributed by atoms with van der Waals surface area (Å²) in [6.07, 6.45) is 2.08. The van der Waals surface area contributed by atoms with E-state index in [-0.39, 0.29) is 30.3 Å². The Labute approximate surface area is 238 Å². The molecule has 0 spiro atoms. The fourth-order valence-electron chi connectivity index (χ4n) is 5.49. The first-order chi connectivity index (χ1) is 19.4. The lowest BCUT2D eigenvalue weighted by atomic mass is 9.82. The molecule has 0 radical (unpaired) electrons. The third kappa shape index (κ3) is 8.02. The maximum atomic E-state index is 12.0. The highest BCUT2D eigenvalue weighted by molar-refractivity contribution is 5.66. The fraction of sp³-hybridized carbons (Fsp3) is 0.581. The molecule has 0 aromatic heterocycles. The van der Waals surface area contributed by atoms with Gasteiger partial charge in [-0.25, -0.2) is 4.79 Å². The van der Waals surface area contributed by atoms with Gasteiger partial charge in [0.1, 0.15) is 24.2 Å². The molecule has 0 unspecified atom stereocenters. The number of anilines is 1. The molecular formula is C31H45N3O6. The highest BCUT2D eigenvalue weighted by atomic mass is 16.6. The maximum absolute atomic E-state index is 12.0. The lowest BCUT2D eigenvalue weighted by Gasteiger charge is -2.38. The number of hydrogen-bond donors (Lipinski definition) is 1. The van der Waals surface area contributed by atoms with Gasteiger partial charge in [-0.15, -0.1) is 0 Å². The lowest BCUT2D eigenvalue weighted by molar-refractivity contribution is -0.00256. The lowest BCUT2D eigenvalue weighted by Crippen LogP contribution is -2.48. The highest BCUT2D eigenvalue weighted by Gasteiger charge is 2.33. The average Bonchev–Trinajstić information content (AvgIpc) is 2.96. The van der Waals surface area contributed by atoms with Crippen molar-refractivity contribution in [2.45, 2.75) is 57.0 Å². The Hall–Kier alpha value is -3.01. The molecule has 0 saturated carbocycles. The number of hydrogen-bond acceptors (Lipinski definition) is 8. The number of rotatable bonds is 12. The van der Waals surface area contributed by atoms with Gasteiger partial charge in [-0.2, -0.15) is 0 Å². The Morgan fingerprint density at radius 3 is 2.70 bits per heavy atom. The number of amides is 1. The van der Waals surface area contributed by atoms with Crippen LogP contribution in [0, 0.1) is 0 Å². The van der Waals surface area contributed by atoms with Crippen molar-refractivity contribution in [2.75, 3.05) is 66.1 Å². The zero-order chi connectivity index (χ0) is 28.5. The zero-order valence-corrected chi connectivity index (χ0v) is 24.6. The minimum atomic E-state index is -0.316. The Bertz CT molecular complexity index is 1080. The summed E-state index contributed by atoms with van der Waals surface area (Å²) in [5.41, 5.74) is 3.47. The van der Waals surface area contributed by atoms with E-state index in [1.165, 1.54) is 10.5 Å². The van der Waals surface area contributed by atoms with Gasteiger partial charge in [-0.3, -0.25) is 0 Å². The van der Waals surface area contributed by atoms with Crippen LogP contribution in [0.3, 0.4) is 0 Å². The molecule has 1 fully saturated rings. The van der Waals surface area contributed by atoms with Gasteiger partial charge in [0.05, 0.1) is 32.1 Å². The molecule has 4 rings (SSSR count). The van der Waals surface area contributed by atoms with E-state index in [4.69, 9.17) is 23.7 Å². The molecule has 220 valence electrons. The van der Waals surface area contributed by atoms with Gasteiger partial charge < -0.3 is 38.8 Å². The Morgan fingerprint density at radius 2 is 1.98 bits per heavy atom. The van der Waals surface area contributed by atoms with Crippen molar-refractivity contribution in [3.05, 3.63) is 53.6 Å². The predicted molar refractivity (Wildman–Crippen MR) is 156 cm³/mol. The van der Waals surface area contributed by atoms with Crippen LogP contribution in [0.2, 0.25) is 0 Å². The monoisotopic (exact) mass is 555 g/mol. The number of nitrogens with zero attached hydrogens (tertiary/aromatic N) is 2. The van der Waals surface area contributed by atoms with E-state index < -0.39 is 0 Å². The van der Waals surface area contributed by atoms with Gasteiger partial charge >= 0.3 is 6.09 Å². The number of carbonyl (C=O) groups is 1. The van der Waals surface area contributed by atoms with Crippen LogP contribution in [0.25, 0.3) is 0 Å². The van der Waals surface area contributed by atoms with Crippen LogP contribution in [0.15, 0.2) is 42.5 Å². The molecule has 40 heavy (non-hydrogen) atoms. The summed E-state index contributed by atoms with van der Waals surface area (Å²) in [6.45, 7) is 6.43. The normalized spacial score (nSPS) is 21.2. The van der Waals surface area contributed by atoms with Crippen molar-refractivity contribution in [3.8, 4) is 11.5 Å². The molecule has 2 aromatic carbocycles. The molecule has 1 amide bonds. The van der Waals surface area contributed by atoms with Crippen molar-refractivity contribution < 1.29 is 28.5 Å². The van der Waals surface area contributed by atoms with Crippen LogP contribution < -0.4 is 19.7 Å². The molecule has 9 nitrogen and oxygen atoms in total. The van der Waals surface area contributed by atoms with E-state index in [1.807, 2.05) is 19.1 Å². The molecule has 2 aliphatic rings. The number of methoxy groups -OCH3 is 2. The van der Waals surface area contributed by atoms with E-state index in [2.05, 4.69) is 40.5 Å². The molecule has 2 aliphatic heterocycles.